The standard InChI is InChI=1S/C17H14ClF2NO3/c1-9-3-5-12(8-15(9)20)21-16(22)10(2)24-17(23)13-7-11(18)4-6-14(13)19/h3-8,10H,1-2H3,(H,21,22)/t10-/m1/s1. The lowest BCUT2D eigenvalue weighted by Gasteiger charge is -2.14. The highest BCUT2D eigenvalue weighted by molar-refractivity contribution is 6.30. The van der Waals surface area contributed by atoms with Crippen LogP contribution in [0.3, 0.4) is 0 Å². The molecule has 0 saturated heterocycles. The van der Waals surface area contributed by atoms with E-state index in [0.717, 1.165) is 18.2 Å². The molecule has 0 spiro atoms. The zero-order valence-electron chi connectivity index (χ0n) is 12.9. The summed E-state index contributed by atoms with van der Waals surface area (Å²) in [6.45, 7) is 2.91. The number of benzene rings is 2. The number of esters is 1. The molecule has 0 aliphatic carbocycles. The highest BCUT2D eigenvalue weighted by Gasteiger charge is 2.21. The molecule has 0 heterocycles. The van der Waals surface area contributed by atoms with Crippen molar-refractivity contribution in [3.05, 3.63) is 64.2 Å². The van der Waals surface area contributed by atoms with Gasteiger partial charge in [0.15, 0.2) is 6.10 Å². The van der Waals surface area contributed by atoms with Gasteiger partial charge in [-0.05, 0) is 49.7 Å². The van der Waals surface area contributed by atoms with E-state index in [-0.39, 0.29) is 16.3 Å². The van der Waals surface area contributed by atoms with Crippen LogP contribution < -0.4 is 5.32 Å². The van der Waals surface area contributed by atoms with Gasteiger partial charge in [-0.15, -0.1) is 0 Å². The number of amides is 1. The molecule has 0 aromatic heterocycles. The highest BCUT2D eigenvalue weighted by atomic mass is 35.5. The van der Waals surface area contributed by atoms with Gasteiger partial charge in [-0.25, -0.2) is 13.6 Å². The average Bonchev–Trinajstić information content (AvgIpc) is 2.53. The van der Waals surface area contributed by atoms with E-state index in [2.05, 4.69) is 5.32 Å². The number of nitrogens with one attached hydrogen (secondary N) is 1. The van der Waals surface area contributed by atoms with Gasteiger partial charge in [-0.2, -0.15) is 0 Å². The topological polar surface area (TPSA) is 55.4 Å². The fourth-order valence-electron chi connectivity index (χ4n) is 1.85. The van der Waals surface area contributed by atoms with Gasteiger partial charge in [0.1, 0.15) is 11.6 Å². The normalized spacial score (nSPS) is 11.7. The van der Waals surface area contributed by atoms with E-state index in [9.17, 15) is 18.4 Å². The number of carbonyl (C=O) groups is 2. The Labute approximate surface area is 142 Å². The quantitative estimate of drug-likeness (QED) is 0.841. The van der Waals surface area contributed by atoms with Crippen molar-refractivity contribution in [2.45, 2.75) is 20.0 Å². The Morgan fingerprint density at radius 2 is 1.83 bits per heavy atom. The first-order chi connectivity index (χ1) is 11.3. The molecule has 24 heavy (non-hydrogen) atoms. The Morgan fingerprint density at radius 3 is 2.50 bits per heavy atom. The summed E-state index contributed by atoms with van der Waals surface area (Å²) in [5.74, 6) is -2.97. The Hall–Kier alpha value is -2.47. The molecule has 1 N–H and O–H groups in total. The zero-order valence-corrected chi connectivity index (χ0v) is 13.7. The maximum Gasteiger partial charge on any atom is 0.341 e. The average molecular weight is 354 g/mol. The van der Waals surface area contributed by atoms with Crippen molar-refractivity contribution >= 4 is 29.2 Å². The van der Waals surface area contributed by atoms with Gasteiger partial charge in [0.25, 0.3) is 5.91 Å². The van der Waals surface area contributed by atoms with Gasteiger partial charge in [0, 0.05) is 10.7 Å². The largest absolute Gasteiger partial charge is 0.449 e. The van der Waals surface area contributed by atoms with Crippen molar-refractivity contribution in [2.24, 2.45) is 0 Å². The van der Waals surface area contributed by atoms with Crippen molar-refractivity contribution in [3.63, 3.8) is 0 Å². The van der Waals surface area contributed by atoms with Crippen molar-refractivity contribution < 1.29 is 23.1 Å². The summed E-state index contributed by atoms with van der Waals surface area (Å²) in [5, 5.41) is 2.58. The lowest BCUT2D eigenvalue weighted by molar-refractivity contribution is -0.123. The van der Waals surface area contributed by atoms with Crippen LogP contribution in [0.4, 0.5) is 14.5 Å². The summed E-state index contributed by atoms with van der Waals surface area (Å²) >= 11 is 5.71. The minimum atomic E-state index is -1.21. The minimum absolute atomic E-state index is 0.163. The predicted octanol–water partition coefficient (Wildman–Crippen LogP) is 4.11. The van der Waals surface area contributed by atoms with Gasteiger partial charge >= 0.3 is 5.97 Å². The summed E-state index contributed by atoms with van der Waals surface area (Å²) in [4.78, 5) is 23.9. The van der Waals surface area contributed by atoms with Gasteiger partial charge in [0.05, 0.1) is 5.56 Å². The van der Waals surface area contributed by atoms with Crippen LogP contribution in [0.5, 0.6) is 0 Å². The lowest BCUT2D eigenvalue weighted by atomic mass is 10.2. The number of hydrogen-bond acceptors (Lipinski definition) is 3. The fraction of sp³-hybridized carbons (Fsp3) is 0.176. The van der Waals surface area contributed by atoms with Crippen LogP contribution >= 0.6 is 11.6 Å². The van der Waals surface area contributed by atoms with E-state index in [0.29, 0.717) is 5.56 Å². The van der Waals surface area contributed by atoms with E-state index in [1.54, 1.807) is 6.92 Å². The predicted molar refractivity (Wildman–Crippen MR) is 86.1 cm³/mol. The molecule has 126 valence electrons. The van der Waals surface area contributed by atoms with E-state index in [1.165, 1.54) is 25.1 Å². The number of anilines is 1. The smallest absolute Gasteiger partial charge is 0.341 e. The van der Waals surface area contributed by atoms with Gasteiger partial charge in [-0.3, -0.25) is 4.79 Å². The Balaban J connectivity index is 2.04. The molecule has 2 rings (SSSR count). The number of ether oxygens (including phenoxy) is 1. The molecule has 0 fully saturated rings. The van der Waals surface area contributed by atoms with Crippen LogP contribution in [0.1, 0.15) is 22.8 Å². The molecule has 0 bridgehead atoms. The zero-order chi connectivity index (χ0) is 17.9. The number of rotatable bonds is 4. The maximum atomic E-state index is 13.6. The summed E-state index contributed by atoms with van der Waals surface area (Å²) in [6.07, 6.45) is -1.21. The van der Waals surface area contributed by atoms with Crippen LogP contribution in [-0.4, -0.2) is 18.0 Å². The highest BCUT2D eigenvalue weighted by Crippen LogP contribution is 2.17. The van der Waals surface area contributed by atoms with E-state index < -0.39 is 29.6 Å². The van der Waals surface area contributed by atoms with Gasteiger partial charge < -0.3 is 10.1 Å². The van der Waals surface area contributed by atoms with Crippen LogP contribution in [0.15, 0.2) is 36.4 Å². The van der Waals surface area contributed by atoms with Crippen LogP contribution in [0, 0.1) is 18.6 Å². The molecule has 0 aliphatic rings. The molecule has 1 atom stereocenters. The lowest BCUT2D eigenvalue weighted by Crippen LogP contribution is -2.30. The number of hydrogen-bond donors (Lipinski definition) is 1. The first-order valence-corrected chi connectivity index (χ1v) is 7.39. The second-order valence-electron chi connectivity index (χ2n) is 5.12. The third-order valence-electron chi connectivity index (χ3n) is 3.24. The molecule has 7 heteroatoms. The molecular formula is C17H14ClF2NO3. The molecule has 0 unspecified atom stereocenters. The van der Waals surface area contributed by atoms with E-state index in [4.69, 9.17) is 16.3 Å². The van der Waals surface area contributed by atoms with Crippen LogP contribution in [0.2, 0.25) is 5.02 Å². The molecule has 2 aromatic rings. The number of aryl methyl sites for hydroxylation is 1. The van der Waals surface area contributed by atoms with E-state index >= 15 is 0 Å². The van der Waals surface area contributed by atoms with Crippen molar-refractivity contribution in [1.82, 2.24) is 0 Å². The molecule has 0 radical (unpaired) electrons. The Morgan fingerprint density at radius 1 is 1.12 bits per heavy atom. The monoisotopic (exact) mass is 353 g/mol. The third kappa shape index (κ3) is 4.29. The molecule has 0 aliphatic heterocycles. The van der Waals surface area contributed by atoms with Crippen LogP contribution in [-0.2, 0) is 9.53 Å². The third-order valence-corrected chi connectivity index (χ3v) is 3.48. The SMILES string of the molecule is Cc1ccc(NC(=O)[C@@H](C)OC(=O)c2cc(Cl)ccc2F)cc1F. The van der Waals surface area contributed by atoms with Gasteiger partial charge in [-0.1, -0.05) is 17.7 Å². The fourth-order valence-corrected chi connectivity index (χ4v) is 2.02. The first kappa shape index (κ1) is 17.9. The van der Waals surface area contributed by atoms with Gasteiger partial charge in [0.2, 0.25) is 0 Å². The summed E-state index contributed by atoms with van der Waals surface area (Å²) in [6, 6.07) is 7.59. The minimum Gasteiger partial charge on any atom is -0.449 e. The summed E-state index contributed by atoms with van der Waals surface area (Å²) in [7, 11) is 0. The number of halogens is 3. The summed E-state index contributed by atoms with van der Waals surface area (Å²) < 4.78 is 32.0. The molecule has 1 amide bonds. The Kier molecular flexibility index (Phi) is 5.51. The van der Waals surface area contributed by atoms with Crippen LogP contribution in [0.25, 0.3) is 0 Å². The second kappa shape index (κ2) is 7.40. The molecule has 4 nitrogen and oxygen atoms in total. The maximum absolute atomic E-state index is 13.6. The van der Waals surface area contributed by atoms with Crippen molar-refractivity contribution in [2.75, 3.05) is 5.32 Å². The van der Waals surface area contributed by atoms with E-state index in [1.807, 2.05) is 0 Å². The molecule has 2 aromatic carbocycles. The van der Waals surface area contributed by atoms with Crippen molar-refractivity contribution in [1.29, 1.82) is 0 Å². The second-order valence-corrected chi connectivity index (χ2v) is 5.56. The Bertz CT molecular complexity index is 795. The van der Waals surface area contributed by atoms with Crippen molar-refractivity contribution in [3.8, 4) is 0 Å². The molecular weight excluding hydrogens is 340 g/mol. The molecule has 0 saturated carbocycles. The first-order valence-electron chi connectivity index (χ1n) is 7.01. The summed E-state index contributed by atoms with van der Waals surface area (Å²) in [5.41, 5.74) is 0.285. The number of carbonyl (C=O) groups excluding carboxylic acids is 2.